The van der Waals surface area contributed by atoms with Crippen molar-refractivity contribution in [2.75, 3.05) is 31.5 Å². The van der Waals surface area contributed by atoms with Gasteiger partial charge in [0.25, 0.3) is 0 Å². The van der Waals surface area contributed by atoms with Gasteiger partial charge >= 0.3 is 0 Å². The summed E-state index contributed by atoms with van der Waals surface area (Å²) in [5, 5.41) is 5.29. The molecular formula is C15H23F2N3O. The Hall–Kier alpha value is -1.53. The Morgan fingerprint density at radius 1 is 1.24 bits per heavy atom. The molecule has 4 nitrogen and oxygen atoms in total. The van der Waals surface area contributed by atoms with Crippen molar-refractivity contribution >= 4 is 11.6 Å². The molecular weight excluding hydrogens is 276 g/mol. The molecule has 1 rings (SSSR count). The minimum absolute atomic E-state index is 0.0101. The zero-order valence-corrected chi connectivity index (χ0v) is 12.7. The van der Waals surface area contributed by atoms with Crippen LogP contribution in [0.2, 0.25) is 0 Å². The Labute approximate surface area is 124 Å². The first-order valence-electron chi connectivity index (χ1n) is 7.17. The number of carbonyl (C=O) groups excluding carboxylic acids is 1. The van der Waals surface area contributed by atoms with Crippen molar-refractivity contribution in [3.8, 4) is 0 Å². The molecule has 0 saturated heterocycles. The molecule has 1 unspecified atom stereocenters. The summed E-state index contributed by atoms with van der Waals surface area (Å²) in [6.45, 7) is 8.82. The lowest BCUT2D eigenvalue weighted by Crippen LogP contribution is -2.42. The quantitative estimate of drug-likeness (QED) is 0.773. The minimum Gasteiger partial charge on any atom is -0.320 e. The van der Waals surface area contributed by atoms with Gasteiger partial charge in [0.15, 0.2) is 0 Å². The van der Waals surface area contributed by atoms with E-state index in [9.17, 15) is 13.6 Å². The number of anilines is 1. The molecule has 0 radical (unpaired) electrons. The van der Waals surface area contributed by atoms with Gasteiger partial charge in [-0.2, -0.15) is 0 Å². The van der Waals surface area contributed by atoms with Crippen molar-refractivity contribution in [3.63, 3.8) is 0 Å². The van der Waals surface area contributed by atoms with Gasteiger partial charge in [0, 0.05) is 12.6 Å². The second-order valence-electron chi connectivity index (χ2n) is 4.91. The van der Waals surface area contributed by atoms with Crippen LogP contribution in [0, 0.1) is 11.6 Å². The van der Waals surface area contributed by atoms with Crippen LogP contribution in [0.1, 0.15) is 20.8 Å². The van der Waals surface area contributed by atoms with Gasteiger partial charge in [-0.25, -0.2) is 8.78 Å². The largest absolute Gasteiger partial charge is 0.320 e. The van der Waals surface area contributed by atoms with Crippen LogP contribution in [0.3, 0.4) is 0 Å². The second-order valence-corrected chi connectivity index (χ2v) is 4.91. The number of halogens is 2. The Morgan fingerprint density at radius 2 is 1.81 bits per heavy atom. The average molecular weight is 299 g/mol. The van der Waals surface area contributed by atoms with Gasteiger partial charge < -0.3 is 15.5 Å². The maximum Gasteiger partial charge on any atom is 0.238 e. The molecule has 0 spiro atoms. The fourth-order valence-electron chi connectivity index (χ4n) is 2.00. The highest BCUT2D eigenvalue weighted by atomic mass is 19.1. The van der Waals surface area contributed by atoms with Gasteiger partial charge in [-0.15, -0.1) is 0 Å². The smallest absolute Gasteiger partial charge is 0.238 e. The summed E-state index contributed by atoms with van der Waals surface area (Å²) in [6.07, 6.45) is 0. The molecule has 1 atom stereocenters. The normalized spacial score (nSPS) is 12.5. The average Bonchev–Trinajstić information content (AvgIpc) is 2.46. The Balaban J connectivity index is 2.44. The zero-order chi connectivity index (χ0) is 15.8. The van der Waals surface area contributed by atoms with Gasteiger partial charge in [0.05, 0.1) is 6.54 Å². The van der Waals surface area contributed by atoms with Crippen molar-refractivity contribution in [1.29, 1.82) is 0 Å². The molecule has 0 bridgehead atoms. The standard InChI is InChI=1S/C15H23F2N3O/c1-4-20(5-2)10-11(3)18-9-14(21)19-15-12(16)7-6-8-13(15)17/h6-8,11,18H,4-5,9-10H2,1-3H3,(H,19,21). The van der Waals surface area contributed by atoms with E-state index in [1.807, 2.05) is 6.92 Å². The Bertz CT molecular complexity index is 444. The lowest BCUT2D eigenvalue weighted by Gasteiger charge is -2.23. The predicted octanol–water partition coefficient (Wildman–Crippen LogP) is 2.22. The van der Waals surface area contributed by atoms with Gasteiger partial charge in [-0.05, 0) is 32.1 Å². The molecule has 1 amide bonds. The highest BCUT2D eigenvalue weighted by molar-refractivity contribution is 5.92. The number of nitrogens with zero attached hydrogens (tertiary/aromatic N) is 1. The van der Waals surface area contributed by atoms with E-state index in [0.717, 1.165) is 31.8 Å². The van der Waals surface area contributed by atoms with Crippen LogP contribution >= 0.6 is 0 Å². The number of nitrogens with one attached hydrogen (secondary N) is 2. The van der Waals surface area contributed by atoms with Crippen LogP contribution in [0.25, 0.3) is 0 Å². The van der Waals surface area contributed by atoms with Crippen LogP contribution in [-0.4, -0.2) is 43.0 Å². The summed E-state index contributed by atoms with van der Waals surface area (Å²) in [4.78, 5) is 14.0. The van der Waals surface area contributed by atoms with Crippen LogP contribution in [0.4, 0.5) is 14.5 Å². The summed E-state index contributed by atoms with van der Waals surface area (Å²) < 4.78 is 26.8. The highest BCUT2D eigenvalue weighted by Gasteiger charge is 2.13. The third-order valence-corrected chi connectivity index (χ3v) is 3.26. The maximum atomic E-state index is 13.4. The topological polar surface area (TPSA) is 44.4 Å². The molecule has 1 aromatic rings. The monoisotopic (exact) mass is 299 g/mol. The summed E-state index contributed by atoms with van der Waals surface area (Å²) in [5.41, 5.74) is -0.402. The maximum absolute atomic E-state index is 13.4. The molecule has 1 aromatic carbocycles. The second kappa shape index (κ2) is 8.69. The summed E-state index contributed by atoms with van der Waals surface area (Å²) in [6, 6.07) is 3.58. The van der Waals surface area contributed by atoms with E-state index in [1.165, 1.54) is 6.07 Å². The van der Waals surface area contributed by atoms with Gasteiger partial charge in [-0.3, -0.25) is 4.79 Å². The molecule has 0 aliphatic carbocycles. The zero-order valence-electron chi connectivity index (χ0n) is 12.7. The van der Waals surface area contributed by atoms with E-state index in [-0.39, 0.29) is 12.6 Å². The van der Waals surface area contributed by atoms with Crippen LogP contribution in [-0.2, 0) is 4.79 Å². The molecule has 118 valence electrons. The minimum atomic E-state index is -0.778. The van der Waals surface area contributed by atoms with Crippen molar-refractivity contribution in [2.45, 2.75) is 26.8 Å². The number of para-hydroxylation sites is 1. The lowest BCUT2D eigenvalue weighted by molar-refractivity contribution is -0.115. The van der Waals surface area contributed by atoms with Gasteiger partial charge in [0.1, 0.15) is 17.3 Å². The molecule has 6 heteroatoms. The predicted molar refractivity (Wildman–Crippen MR) is 80.2 cm³/mol. The number of likely N-dealkylation sites (N-methyl/N-ethyl adjacent to an activating group) is 1. The van der Waals surface area contributed by atoms with E-state index in [1.54, 1.807) is 0 Å². The van der Waals surface area contributed by atoms with E-state index in [4.69, 9.17) is 0 Å². The highest BCUT2D eigenvalue weighted by Crippen LogP contribution is 2.17. The van der Waals surface area contributed by atoms with Crippen molar-refractivity contribution in [1.82, 2.24) is 10.2 Å². The van der Waals surface area contributed by atoms with E-state index < -0.39 is 23.2 Å². The van der Waals surface area contributed by atoms with Crippen LogP contribution in [0.15, 0.2) is 18.2 Å². The number of benzene rings is 1. The molecule has 0 fully saturated rings. The lowest BCUT2D eigenvalue weighted by atomic mass is 10.2. The SMILES string of the molecule is CCN(CC)CC(C)NCC(=O)Nc1c(F)cccc1F. The first-order chi connectivity index (χ1) is 9.97. The number of carbonyl (C=O) groups is 1. The van der Waals surface area contributed by atoms with Gasteiger partial charge in [-0.1, -0.05) is 19.9 Å². The summed E-state index contributed by atoms with van der Waals surface area (Å²) >= 11 is 0. The Morgan fingerprint density at radius 3 is 2.33 bits per heavy atom. The number of amides is 1. The molecule has 0 aliphatic heterocycles. The summed E-state index contributed by atoms with van der Waals surface area (Å²) in [7, 11) is 0. The van der Waals surface area contributed by atoms with E-state index in [2.05, 4.69) is 29.4 Å². The van der Waals surface area contributed by atoms with Gasteiger partial charge in [0.2, 0.25) is 5.91 Å². The number of hydrogen-bond donors (Lipinski definition) is 2. The molecule has 0 saturated carbocycles. The first kappa shape index (κ1) is 17.5. The fraction of sp³-hybridized carbons (Fsp3) is 0.533. The fourth-order valence-corrected chi connectivity index (χ4v) is 2.00. The van der Waals surface area contributed by atoms with Crippen molar-refractivity contribution < 1.29 is 13.6 Å². The van der Waals surface area contributed by atoms with E-state index in [0.29, 0.717) is 0 Å². The molecule has 21 heavy (non-hydrogen) atoms. The molecule has 2 N–H and O–H groups in total. The first-order valence-corrected chi connectivity index (χ1v) is 7.17. The number of rotatable bonds is 8. The van der Waals surface area contributed by atoms with E-state index >= 15 is 0 Å². The number of hydrogen-bond acceptors (Lipinski definition) is 3. The third-order valence-electron chi connectivity index (χ3n) is 3.26. The van der Waals surface area contributed by atoms with Crippen molar-refractivity contribution in [2.24, 2.45) is 0 Å². The van der Waals surface area contributed by atoms with Crippen LogP contribution < -0.4 is 10.6 Å². The molecule has 0 aliphatic rings. The van der Waals surface area contributed by atoms with Crippen molar-refractivity contribution in [3.05, 3.63) is 29.8 Å². The molecule has 0 heterocycles. The molecule has 0 aromatic heterocycles. The summed E-state index contributed by atoms with van der Waals surface area (Å²) in [5.74, 6) is -2.02. The third kappa shape index (κ3) is 5.77. The van der Waals surface area contributed by atoms with Crippen LogP contribution in [0.5, 0.6) is 0 Å². The Kier molecular flexibility index (Phi) is 7.25.